The lowest BCUT2D eigenvalue weighted by Gasteiger charge is -2.07. The van der Waals surface area contributed by atoms with Crippen molar-refractivity contribution in [2.45, 2.75) is 27.2 Å². The highest BCUT2D eigenvalue weighted by molar-refractivity contribution is 8.00. The van der Waals surface area contributed by atoms with E-state index in [4.69, 9.17) is 0 Å². The summed E-state index contributed by atoms with van der Waals surface area (Å²) in [6, 6.07) is 0. The molecule has 0 saturated carbocycles. The van der Waals surface area contributed by atoms with Crippen LogP contribution in [0.4, 0.5) is 0 Å². The summed E-state index contributed by atoms with van der Waals surface area (Å²) in [7, 11) is 0. The van der Waals surface area contributed by atoms with E-state index in [1.165, 1.54) is 0 Å². The fraction of sp³-hybridized carbons (Fsp3) is 0.727. The summed E-state index contributed by atoms with van der Waals surface area (Å²) in [4.78, 5) is 11.2. The molecule has 0 amide bonds. The normalized spacial score (nSPS) is 22.7. The first-order valence-electron chi connectivity index (χ1n) is 4.59. The van der Waals surface area contributed by atoms with E-state index in [9.17, 15) is 4.79 Å². The molecule has 72 valence electrons. The maximum Gasteiger partial charge on any atom is 0.147 e. The van der Waals surface area contributed by atoms with Gasteiger partial charge in [0.2, 0.25) is 0 Å². The van der Waals surface area contributed by atoms with Crippen molar-refractivity contribution in [2.75, 3.05) is 11.5 Å². The Hall–Kier alpha value is -0.420. The monoisotopic (exact) mass is 196 g/mol. The van der Waals surface area contributed by atoms with Gasteiger partial charge in [0, 0.05) is 23.5 Å². The Kier molecular flexibility index (Phi) is 3.44. The van der Waals surface area contributed by atoms with Crippen LogP contribution in [0.2, 0.25) is 0 Å². The number of hydrogen-bond donors (Lipinski definition) is 0. The minimum Gasteiger partial charge on any atom is -0.298 e. The van der Waals surface area contributed by atoms with E-state index >= 15 is 0 Å². The number of ketones is 1. The molecule has 1 aliphatic heterocycles. The lowest BCUT2D eigenvalue weighted by atomic mass is 9.96. The Balaban J connectivity index is 2.40. The van der Waals surface area contributed by atoms with Crippen molar-refractivity contribution >= 4 is 17.5 Å². The molecule has 1 fully saturated rings. The van der Waals surface area contributed by atoms with E-state index in [2.05, 4.69) is 32.6 Å². The largest absolute Gasteiger partial charge is 0.298 e. The Morgan fingerprint density at radius 2 is 2.23 bits per heavy atom. The Labute approximate surface area is 84.7 Å². The number of carbonyl (C=O) groups excluding carboxylic acids is 1. The van der Waals surface area contributed by atoms with E-state index in [0.717, 1.165) is 12.2 Å². The number of hydrogen-bond acceptors (Lipinski definition) is 2. The molecule has 1 aliphatic rings. The van der Waals surface area contributed by atoms with Crippen LogP contribution in [0.5, 0.6) is 0 Å². The molecule has 2 heteroatoms. The van der Waals surface area contributed by atoms with Crippen molar-refractivity contribution in [1.29, 1.82) is 0 Å². The molecule has 0 aromatic carbocycles. The summed E-state index contributed by atoms with van der Waals surface area (Å²) < 4.78 is 0. The second-order valence-corrected chi connectivity index (χ2v) is 5.46. The maximum atomic E-state index is 11.2. The summed E-state index contributed by atoms with van der Waals surface area (Å²) in [5, 5.41) is 0. The molecule has 0 aromatic heterocycles. The van der Waals surface area contributed by atoms with Gasteiger partial charge in [-0.2, -0.15) is 11.8 Å². The van der Waals surface area contributed by atoms with Gasteiger partial charge >= 0.3 is 0 Å². The first kappa shape index (κ1) is 10.7. The third-order valence-electron chi connectivity index (χ3n) is 1.83. The predicted molar refractivity (Wildman–Crippen MR) is 57.7 cm³/mol. The van der Waals surface area contributed by atoms with Crippen molar-refractivity contribution in [3.05, 3.63) is 0 Å². The van der Waals surface area contributed by atoms with Gasteiger partial charge in [0.25, 0.3) is 0 Å². The average molecular weight is 196 g/mol. The second-order valence-electron chi connectivity index (χ2n) is 4.43. The fourth-order valence-electron chi connectivity index (χ4n) is 1.12. The molecule has 13 heavy (non-hydrogen) atoms. The zero-order chi connectivity index (χ0) is 9.90. The standard InChI is InChI=1S/C11H16OS/c1-11(2,3)6-4-5-9-7-13-8-10(9)12/h9H,5,7-8H2,1-3H3. The quantitative estimate of drug-likeness (QED) is 0.599. The zero-order valence-electron chi connectivity index (χ0n) is 8.52. The van der Waals surface area contributed by atoms with Crippen LogP contribution in [0, 0.1) is 23.2 Å². The average Bonchev–Trinajstić information content (AvgIpc) is 2.34. The molecule has 0 aromatic rings. The van der Waals surface area contributed by atoms with Crippen LogP contribution in [0.25, 0.3) is 0 Å². The van der Waals surface area contributed by atoms with Crippen molar-refractivity contribution in [2.24, 2.45) is 11.3 Å². The number of Topliss-reactive ketones (excluding diaryl/α,β-unsaturated/α-hetero) is 1. The number of carbonyl (C=O) groups is 1. The van der Waals surface area contributed by atoms with Crippen LogP contribution in [-0.4, -0.2) is 17.3 Å². The molecule has 1 nitrogen and oxygen atoms in total. The van der Waals surface area contributed by atoms with Gasteiger partial charge in [-0.05, 0) is 20.8 Å². The van der Waals surface area contributed by atoms with Crippen LogP contribution in [-0.2, 0) is 4.79 Å². The third-order valence-corrected chi connectivity index (χ3v) is 2.96. The second kappa shape index (κ2) is 4.19. The summed E-state index contributed by atoms with van der Waals surface area (Å²) in [6.45, 7) is 6.27. The summed E-state index contributed by atoms with van der Waals surface area (Å²) >= 11 is 1.73. The van der Waals surface area contributed by atoms with Gasteiger partial charge < -0.3 is 0 Å². The van der Waals surface area contributed by atoms with E-state index in [0.29, 0.717) is 11.5 Å². The first-order valence-corrected chi connectivity index (χ1v) is 5.75. The molecule has 1 saturated heterocycles. The highest BCUT2D eigenvalue weighted by atomic mass is 32.2. The van der Waals surface area contributed by atoms with Crippen molar-refractivity contribution in [1.82, 2.24) is 0 Å². The molecule has 0 radical (unpaired) electrons. The summed E-state index contributed by atoms with van der Waals surface area (Å²) in [5.74, 6) is 8.53. The van der Waals surface area contributed by atoms with E-state index in [1.54, 1.807) is 11.8 Å². The number of rotatable bonds is 1. The molecule has 0 bridgehead atoms. The van der Waals surface area contributed by atoms with Crippen LogP contribution in [0.15, 0.2) is 0 Å². The van der Waals surface area contributed by atoms with Gasteiger partial charge in [-0.3, -0.25) is 4.79 Å². The minimum absolute atomic E-state index is 0.0643. The SMILES string of the molecule is CC(C)(C)C#CCC1CSCC1=O. The van der Waals surface area contributed by atoms with Crippen LogP contribution in [0.1, 0.15) is 27.2 Å². The molecule has 0 aliphatic carbocycles. The highest BCUT2D eigenvalue weighted by Crippen LogP contribution is 2.22. The zero-order valence-corrected chi connectivity index (χ0v) is 9.33. The van der Waals surface area contributed by atoms with Crippen molar-refractivity contribution in [3.63, 3.8) is 0 Å². The topological polar surface area (TPSA) is 17.1 Å². The number of thioether (sulfide) groups is 1. The molecule has 1 heterocycles. The van der Waals surface area contributed by atoms with Gasteiger partial charge in [0.05, 0.1) is 5.75 Å². The maximum absolute atomic E-state index is 11.2. The van der Waals surface area contributed by atoms with Gasteiger partial charge in [0.15, 0.2) is 0 Å². The minimum atomic E-state index is 0.0643. The lowest BCUT2D eigenvalue weighted by Crippen LogP contribution is -2.10. The Bertz CT molecular complexity index is 251. The van der Waals surface area contributed by atoms with Crippen LogP contribution in [0.3, 0.4) is 0 Å². The fourth-order valence-corrected chi connectivity index (χ4v) is 2.27. The van der Waals surface area contributed by atoms with E-state index in [-0.39, 0.29) is 11.3 Å². The molecule has 0 N–H and O–H groups in total. The molecule has 1 unspecified atom stereocenters. The predicted octanol–water partition coefficient (Wildman–Crippen LogP) is 2.36. The Morgan fingerprint density at radius 1 is 1.54 bits per heavy atom. The molecule has 0 spiro atoms. The van der Waals surface area contributed by atoms with Gasteiger partial charge in [-0.1, -0.05) is 5.92 Å². The van der Waals surface area contributed by atoms with E-state index < -0.39 is 0 Å². The van der Waals surface area contributed by atoms with Gasteiger partial charge in [-0.15, -0.1) is 5.92 Å². The molecular formula is C11H16OS. The van der Waals surface area contributed by atoms with Crippen molar-refractivity contribution in [3.8, 4) is 11.8 Å². The molecular weight excluding hydrogens is 180 g/mol. The highest BCUT2D eigenvalue weighted by Gasteiger charge is 2.23. The molecule has 1 rings (SSSR count). The Morgan fingerprint density at radius 3 is 2.69 bits per heavy atom. The van der Waals surface area contributed by atoms with Gasteiger partial charge in [0.1, 0.15) is 5.78 Å². The smallest absolute Gasteiger partial charge is 0.147 e. The van der Waals surface area contributed by atoms with Gasteiger partial charge in [-0.25, -0.2) is 0 Å². The first-order chi connectivity index (χ1) is 5.99. The van der Waals surface area contributed by atoms with Crippen molar-refractivity contribution < 1.29 is 4.79 Å². The summed E-state index contributed by atoms with van der Waals surface area (Å²) in [5.41, 5.74) is 0.0643. The van der Waals surface area contributed by atoms with Crippen LogP contribution >= 0.6 is 11.8 Å². The lowest BCUT2D eigenvalue weighted by molar-refractivity contribution is -0.119. The third kappa shape index (κ3) is 3.87. The summed E-state index contributed by atoms with van der Waals surface area (Å²) in [6.07, 6.45) is 0.753. The molecule has 1 atom stereocenters. The van der Waals surface area contributed by atoms with E-state index in [1.807, 2.05) is 0 Å². The van der Waals surface area contributed by atoms with Crippen LogP contribution < -0.4 is 0 Å².